The number of nitrogens with zero attached hydrogens (tertiary/aromatic N) is 6. The number of aliphatic hydroxyl groups excluding tert-OH is 1. The third-order valence-electron chi connectivity index (χ3n) is 12.4. The van der Waals surface area contributed by atoms with E-state index in [1.165, 1.54) is 4.90 Å². The lowest BCUT2D eigenvalue weighted by atomic mass is 9.85. The second kappa shape index (κ2) is 23.2. The summed E-state index contributed by atoms with van der Waals surface area (Å²) in [6, 6.07) is 12.6. The maximum absolute atomic E-state index is 14.2. The van der Waals surface area contributed by atoms with Gasteiger partial charge in [-0.05, 0) is 75.4 Å². The molecule has 1 saturated heterocycles. The fourth-order valence-corrected chi connectivity index (χ4v) is 10.8. The van der Waals surface area contributed by atoms with Crippen molar-refractivity contribution in [2.45, 2.75) is 98.0 Å². The largest absolute Gasteiger partial charge is 0.391 e. The first-order chi connectivity index (χ1) is 33.4. The summed E-state index contributed by atoms with van der Waals surface area (Å²) in [6.45, 7) is 14.7. The standard InChI is InChI=1S/C50H63ClN10O7S2/c1-28-30(3)70-49-42(28)43(33-14-16-35(51)17-15-33)55-37(46-59-58-31(4)61(46)49)23-40(63)53-18-21-67-19-9-20-68-26-41(64)57-45(50(5,6)7)48(66)60-25-36(62)22-39(60)47(65)56-38(24-52-8)32-10-12-34(13-11-32)44-29(2)54-27-69-44/h10-17,27,36-39,45,52,62H,9,18-26H2,1-8H3,(H,53,63)(H,56,65)(H,57,64)/t36-,37+,38+,39+,45?/m1/s1. The first-order valence-corrected chi connectivity index (χ1v) is 25.5. The smallest absolute Gasteiger partial charge is 0.246 e. The molecule has 2 aliphatic heterocycles. The van der Waals surface area contributed by atoms with Crippen LogP contribution in [-0.2, 0) is 28.7 Å². The highest BCUT2D eigenvalue weighted by molar-refractivity contribution is 7.15. The van der Waals surface area contributed by atoms with Crippen molar-refractivity contribution < 1.29 is 33.8 Å². The zero-order chi connectivity index (χ0) is 50.3. The fraction of sp³-hybridized carbons (Fsp3) is 0.480. The highest BCUT2D eigenvalue weighted by Gasteiger charge is 2.45. The van der Waals surface area contributed by atoms with E-state index in [0.29, 0.717) is 36.2 Å². The van der Waals surface area contributed by atoms with E-state index in [1.54, 1.807) is 29.7 Å². The number of aryl methyl sites for hydroxylation is 3. The Morgan fingerprint density at radius 3 is 2.33 bits per heavy atom. The Morgan fingerprint density at radius 2 is 1.64 bits per heavy atom. The number of rotatable bonds is 20. The van der Waals surface area contributed by atoms with Crippen molar-refractivity contribution in [2.75, 3.05) is 53.1 Å². The summed E-state index contributed by atoms with van der Waals surface area (Å²) in [6.07, 6.45) is -0.300. The number of aliphatic hydroxyl groups is 1. The SMILES string of the molecule is CNC[C@H](NC(=O)[C@@H]1C[C@@H](O)CN1C(=O)C(NC(=O)COCCCOCCNC(=O)C[C@@H]1N=C(c2ccc(Cl)cc2)c2c(sc(C)c2C)-n2c(C)nnc21)C(C)(C)C)c1ccc(-c2scnc2C)cc1. The number of thiophene rings is 1. The van der Waals surface area contributed by atoms with Gasteiger partial charge in [-0.25, -0.2) is 4.98 Å². The molecule has 0 aliphatic carbocycles. The zero-order valence-electron chi connectivity index (χ0n) is 40.9. The number of aromatic nitrogens is 4. The molecule has 5 N–H and O–H groups in total. The molecule has 5 heterocycles. The van der Waals surface area contributed by atoms with Gasteiger partial charge in [-0.2, -0.15) is 0 Å². The average Bonchev–Trinajstić information content (AvgIpc) is 4.09. The third kappa shape index (κ3) is 12.4. The Balaban J connectivity index is 0.852. The van der Waals surface area contributed by atoms with E-state index in [-0.39, 0.29) is 51.7 Å². The molecule has 7 rings (SSSR count). The van der Waals surface area contributed by atoms with Crippen molar-refractivity contribution in [2.24, 2.45) is 10.4 Å². The van der Waals surface area contributed by atoms with Crippen LogP contribution in [0.1, 0.15) is 96.6 Å². The molecule has 0 bridgehead atoms. The second-order valence-electron chi connectivity index (χ2n) is 18.7. The van der Waals surface area contributed by atoms with Crippen molar-refractivity contribution in [3.8, 4) is 15.4 Å². The quantitative estimate of drug-likeness (QED) is 0.0594. The number of amides is 4. The van der Waals surface area contributed by atoms with Gasteiger partial charge in [-0.15, -0.1) is 32.9 Å². The van der Waals surface area contributed by atoms with Crippen LogP contribution in [-0.4, -0.2) is 130 Å². The molecule has 1 fully saturated rings. The minimum absolute atomic E-state index is 0.0418. The number of likely N-dealkylation sites (tertiary alicyclic amines) is 1. The number of β-amino-alcohol motifs (C(OH)–C–C–N with tert-alkyl or cyclic N) is 1. The minimum atomic E-state index is -0.997. The molecule has 5 aromatic rings. The molecule has 3 aromatic heterocycles. The number of carbonyl (C=O) groups is 4. The van der Waals surface area contributed by atoms with Crippen LogP contribution in [0.25, 0.3) is 15.4 Å². The number of nitrogens with one attached hydrogen (secondary N) is 4. The predicted molar refractivity (Wildman–Crippen MR) is 272 cm³/mol. The number of ether oxygens (including phenoxy) is 2. The van der Waals surface area contributed by atoms with Crippen molar-refractivity contribution >= 4 is 63.6 Å². The van der Waals surface area contributed by atoms with E-state index >= 15 is 0 Å². The van der Waals surface area contributed by atoms with E-state index in [0.717, 1.165) is 54.0 Å². The van der Waals surface area contributed by atoms with Gasteiger partial charge in [0.15, 0.2) is 5.82 Å². The van der Waals surface area contributed by atoms with Gasteiger partial charge in [0.1, 0.15) is 35.6 Å². The maximum atomic E-state index is 14.2. The lowest BCUT2D eigenvalue weighted by Gasteiger charge is -2.35. The number of fused-ring (bicyclic) bond motifs is 3. The summed E-state index contributed by atoms with van der Waals surface area (Å²) in [5.74, 6) is -0.242. The molecular formula is C50H63ClN10O7S2. The van der Waals surface area contributed by atoms with Crippen LogP contribution in [0.2, 0.25) is 5.02 Å². The summed E-state index contributed by atoms with van der Waals surface area (Å²) >= 11 is 9.46. The molecule has 0 spiro atoms. The Hall–Kier alpha value is -5.41. The van der Waals surface area contributed by atoms with Gasteiger partial charge in [0.25, 0.3) is 0 Å². The number of hydrogen-bond acceptors (Lipinski definition) is 14. The van der Waals surface area contributed by atoms with Gasteiger partial charge >= 0.3 is 0 Å². The molecule has 70 heavy (non-hydrogen) atoms. The molecule has 0 saturated carbocycles. The van der Waals surface area contributed by atoms with Crippen LogP contribution in [0.5, 0.6) is 0 Å². The Bertz CT molecular complexity index is 2680. The lowest BCUT2D eigenvalue weighted by molar-refractivity contribution is -0.144. The number of likely N-dealkylation sites (N-methyl/N-ethyl adjacent to an activating group) is 1. The summed E-state index contributed by atoms with van der Waals surface area (Å²) in [4.78, 5) is 67.8. The van der Waals surface area contributed by atoms with E-state index < -0.39 is 53.4 Å². The lowest BCUT2D eigenvalue weighted by Crippen LogP contribution is -2.58. The second-order valence-corrected chi connectivity index (χ2v) is 21.2. The van der Waals surface area contributed by atoms with Crippen LogP contribution in [0.4, 0.5) is 0 Å². The van der Waals surface area contributed by atoms with Gasteiger partial charge in [0.05, 0.1) is 47.0 Å². The Kier molecular flexibility index (Phi) is 17.4. The first-order valence-electron chi connectivity index (χ1n) is 23.5. The molecule has 1 unspecified atom stereocenters. The molecule has 0 radical (unpaired) electrons. The van der Waals surface area contributed by atoms with Crippen LogP contribution in [0.3, 0.4) is 0 Å². The summed E-state index contributed by atoms with van der Waals surface area (Å²) < 4.78 is 13.4. The molecule has 5 atom stereocenters. The molecule has 2 aliphatic rings. The molecule has 17 nitrogen and oxygen atoms in total. The Labute approximate surface area is 421 Å². The summed E-state index contributed by atoms with van der Waals surface area (Å²) in [7, 11) is 1.80. The van der Waals surface area contributed by atoms with Crippen molar-refractivity contribution in [1.29, 1.82) is 0 Å². The van der Waals surface area contributed by atoms with Gasteiger partial charge < -0.3 is 40.7 Å². The summed E-state index contributed by atoms with van der Waals surface area (Å²) in [5, 5.41) is 33.2. The third-order valence-corrected chi connectivity index (χ3v) is 14.9. The van der Waals surface area contributed by atoms with E-state index in [2.05, 4.69) is 50.3 Å². The van der Waals surface area contributed by atoms with Crippen LogP contribution >= 0.6 is 34.3 Å². The van der Waals surface area contributed by atoms with E-state index in [1.807, 2.05) is 93.2 Å². The maximum Gasteiger partial charge on any atom is 0.246 e. The van der Waals surface area contributed by atoms with E-state index in [9.17, 15) is 24.3 Å². The minimum Gasteiger partial charge on any atom is -0.391 e. The molecule has 20 heteroatoms. The van der Waals surface area contributed by atoms with Crippen molar-refractivity contribution in [3.63, 3.8) is 0 Å². The number of halogens is 1. The first kappa shape index (κ1) is 52.4. The predicted octanol–water partition coefficient (Wildman–Crippen LogP) is 5.73. The highest BCUT2D eigenvalue weighted by atomic mass is 35.5. The van der Waals surface area contributed by atoms with Crippen LogP contribution in [0, 0.1) is 33.1 Å². The summed E-state index contributed by atoms with van der Waals surface area (Å²) in [5.41, 5.74) is 7.72. The fourth-order valence-electron chi connectivity index (χ4n) is 8.67. The van der Waals surface area contributed by atoms with Gasteiger partial charge in [-0.3, -0.25) is 28.7 Å². The monoisotopic (exact) mass is 1010 g/mol. The van der Waals surface area contributed by atoms with E-state index in [4.69, 9.17) is 26.1 Å². The normalized spacial score (nSPS) is 17.5. The van der Waals surface area contributed by atoms with Crippen LogP contribution in [0.15, 0.2) is 59.0 Å². The van der Waals surface area contributed by atoms with Gasteiger partial charge in [-0.1, -0.05) is 68.8 Å². The highest BCUT2D eigenvalue weighted by Crippen LogP contribution is 2.40. The molecule has 4 amide bonds. The molecule has 2 aromatic carbocycles. The van der Waals surface area contributed by atoms with Crippen molar-refractivity contribution in [3.05, 3.63) is 104 Å². The molecular weight excluding hydrogens is 952 g/mol. The number of hydrogen-bond donors (Lipinski definition) is 5. The number of thiazole rings is 1. The number of benzene rings is 2. The Morgan fingerprint density at radius 1 is 0.929 bits per heavy atom. The van der Waals surface area contributed by atoms with Crippen LogP contribution < -0.4 is 21.3 Å². The van der Waals surface area contributed by atoms with Gasteiger partial charge in [0.2, 0.25) is 23.6 Å². The topological polar surface area (TPSA) is 214 Å². The number of aliphatic imine (C=N–C) groups is 1. The van der Waals surface area contributed by atoms with Gasteiger partial charge in [0, 0.05) is 60.3 Å². The molecule has 374 valence electrons. The zero-order valence-corrected chi connectivity index (χ0v) is 43.3. The number of carbonyl (C=O) groups excluding carboxylic acids is 4. The average molecular weight is 1020 g/mol. The van der Waals surface area contributed by atoms with Crippen molar-refractivity contribution in [1.82, 2.24) is 45.9 Å².